The molecule has 0 fully saturated rings. The van der Waals surface area contributed by atoms with Gasteiger partial charge in [0.15, 0.2) is 0 Å². The van der Waals surface area contributed by atoms with Crippen molar-refractivity contribution in [3.8, 4) is 0 Å². The second-order valence-electron chi connectivity index (χ2n) is 7.72. The predicted octanol–water partition coefficient (Wildman–Crippen LogP) is 2.46. The van der Waals surface area contributed by atoms with E-state index in [9.17, 15) is 13.2 Å². The maximum atomic E-state index is 12.9. The van der Waals surface area contributed by atoms with Gasteiger partial charge >= 0.3 is 0 Å². The monoisotopic (exact) mass is 423 g/mol. The Bertz CT molecular complexity index is 1250. The van der Waals surface area contributed by atoms with Crippen molar-refractivity contribution < 1.29 is 13.2 Å². The molecule has 30 heavy (non-hydrogen) atoms. The number of nitrogens with two attached hydrogens (primary N) is 1. The van der Waals surface area contributed by atoms with E-state index >= 15 is 0 Å². The van der Waals surface area contributed by atoms with Crippen molar-refractivity contribution in [2.24, 2.45) is 5.73 Å². The SMILES string of the molecule is NC(=O)c1cccc(S(=O)(=O)c2nc(Nc3c4c(cc5c3CCC5)CCC4)n[nH]2)c1. The predicted molar refractivity (Wildman–Crippen MR) is 111 cm³/mol. The molecule has 3 aromatic rings. The van der Waals surface area contributed by atoms with Gasteiger partial charge in [-0.15, -0.1) is 5.10 Å². The Morgan fingerprint density at radius 1 is 1.03 bits per heavy atom. The molecule has 9 heteroatoms. The lowest BCUT2D eigenvalue weighted by molar-refractivity contribution is 0.1000. The molecular weight excluding hydrogens is 402 g/mol. The van der Waals surface area contributed by atoms with E-state index in [1.165, 1.54) is 46.5 Å². The van der Waals surface area contributed by atoms with Crippen molar-refractivity contribution in [1.82, 2.24) is 15.2 Å². The molecule has 5 rings (SSSR count). The summed E-state index contributed by atoms with van der Waals surface area (Å²) in [6.45, 7) is 0. The maximum absolute atomic E-state index is 12.9. The van der Waals surface area contributed by atoms with Crippen molar-refractivity contribution >= 4 is 27.4 Å². The van der Waals surface area contributed by atoms with Crippen LogP contribution in [0.15, 0.2) is 40.4 Å². The number of amides is 1. The van der Waals surface area contributed by atoms with E-state index in [0.29, 0.717) is 0 Å². The molecule has 8 nitrogen and oxygen atoms in total. The number of rotatable bonds is 5. The first-order chi connectivity index (χ1) is 14.4. The fourth-order valence-electron chi connectivity index (χ4n) is 4.43. The van der Waals surface area contributed by atoms with Crippen molar-refractivity contribution in [2.75, 3.05) is 5.32 Å². The molecule has 0 atom stereocenters. The van der Waals surface area contributed by atoms with Gasteiger partial charge in [-0.3, -0.25) is 4.79 Å². The van der Waals surface area contributed by atoms with E-state index in [4.69, 9.17) is 5.73 Å². The molecule has 0 aliphatic heterocycles. The third-order valence-corrected chi connectivity index (χ3v) is 7.42. The minimum absolute atomic E-state index is 0.0667. The summed E-state index contributed by atoms with van der Waals surface area (Å²) in [6, 6.07) is 7.90. The standard InChI is InChI=1S/C21H21N5O3S/c22-19(27)14-6-1-7-15(11-14)30(28,29)21-24-20(25-26-21)23-18-16-8-2-4-12(16)10-13-5-3-9-17(13)18/h1,6-7,10-11H,2-5,8-9H2,(H2,22,27)(H2,23,24,25,26). The maximum Gasteiger partial charge on any atom is 0.249 e. The number of benzene rings is 2. The number of sulfone groups is 1. The third-order valence-electron chi connectivity index (χ3n) is 5.86. The molecule has 2 aliphatic rings. The Balaban J connectivity index is 1.49. The van der Waals surface area contributed by atoms with Crippen LogP contribution in [0.1, 0.15) is 45.5 Å². The molecule has 1 aromatic heterocycles. The quantitative estimate of drug-likeness (QED) is 0.578. The zero-order valence-electron chi connectivity index (χ0n) is 16.2. The zero-order chi connectivity index (χ0) is 20.9. The van der Waals surface area contributed by atoms with Crippen LogP contribution in [0.25, 0.3) is 0 Å². The summed E-state index contributed by atoms with van der Waals surface area (Å²) in [7, 11) is -3.97. The summed E-state index contributed by atoms with van der Waals surface area (Å²) in [5, 5.41) is 9.62. The average Bonchev–Trinajstić information content (AvgIpc) is 3.48. The van der Waals surface area contributed by atoms with Gasteiger partial charge in [0.25, 0.3) is 0 Å². The Morgan fingerprint density at radius 2 is 1.73 bits per heavy atom. The fraction of sp³-hybridized carbons (Fsp3) is 0.286. The Kier molecular flexibility index (Phi) is 4.35. The van der Waals surface area contributed by atoms with E-state index in [-0.39, 0.29) is 21.6 Å². The van der Waals surface area contributed by atoms with Crippen LogP contribution in [0, 0.1) is 0 Å². The van der Waals surface area contributed by atoms with Gasteiger partial charge in [0.2, 0.25) is 26.8 Å². The van der Waals surface area contributed by atoms with E-state index in [1.54, 1.807) is 0 Å². The first-order valence-electron chi connectivity index (χ1n) is 9.94. The number of carbonyl (C=O) groups is 1. The number of fused-ring (bicyclic) bond motifs is 2. The Labute approximate surface area is 173 Å². The van der Waals surface area contributed by atoms with E-state index < -0.39 is 15.7 Å². The largest absolute Gasteiger partial charge is 0.366 e. The summed E-state index contributed by atoms with van der Waals surface area (Å²) in [5.41, 5.74) is 11.7. The number of primary amides is 1. The molecule has 0 radical (unpaired) electrons. The van der Waals surface area contributed by atoms with Crippen LogP contribution in [0.2, 0.25) is 0 Å². The number of hydrogen-bond donors (Lipinski definition) is 3. The highest BCUT2D eigenvalue weighted by molar-refractivity contribution is 7.91. The first-order valence-corrected chi connectivity index (χ1v) is 11.4. The third kappa shape index (κ3) is 3.06. The van der Waals surface area contributed by atoms with Crippen LogP contribution in [0.3, 0.4) is 0 Å². The Hall–Kier alpha value is -3.20. The minimum Gasteiger partial charge on any atom is -0.366 e. The van der Waals surface area contributed by atoms with Crippen molar-refractivity contribution in [2.45, 2.75) is 48.6 Å². The Morgan fingerprint density at radius 3 is 2.40 bits per heavy atom. The number of anilines is 2. The lowest BCUT2D eigenvalue weighted by Crippen LogP contribution is -2.12. The van der Waals surface area contributed by atoms with Gasteiger partial charge in [-0.2, -0.15) is 4.98 Å². The van der Waals surface area contributed by atoms with Crippen LogP contribution in [0.5, 0.6) is 0 Å². The van der Waals surface area contributed by atoms with Gasteiger partial charge in [0, 0.05) is 11.3 Å². The number of aromatic nitrogens is 3. The molecule has 4 N–H and O–H groups in total. The van der Waals surface area contributed by atoms with Gasteiger partial charge in [0.1, 0.15) is 0 Å². The highest BCUT2D eigenvalue weighted by Crippen LogP contribution is 2.39. The molecule has 0 bridgehead atoms. The fourth-order valence-corrected chi connectivity index (χ4v) is 5.57. The number of H-pyrrole nitrogens is 1. The summed E-state index contributed by atoms with van der Waals surface area (Å²) in [4.78, 5) is 15.5. The summed E-state index contributed by atoms with van der Waals surface area (Å²) >= 11 is 0. The second kappa shape index (κ2) is 6.94. The highest BCUT2D eigenvalue weighted by atomic mass is 32.2. The second-order valence-corrected chi connectivity index (χ2v) is 9.58. The zero-order valence-corrected chi connectivity index (χ0v) is 17.1. The molecule has 0 unspecified atom stereocenters. The van der Waals surface area contributed by atoms with Crippen LogP contribution in [0.4, 0.5) is 11.6 Å². The number of nitrogens with zero attached hydrogens (tertiary/aromatic N) is 2. The number of hydrogen-bond acceptors (Lipinski definition) is 6. The van der Waals surface area contributed by atoms with Crippen LogP contribution < -0.4 is 11.1 Å². The molecule has 0 saturated heterocycles. The molecule has 2 aromatic carbocycles. The molecule has 0 spiro atoms. The van der Waals surface area contributed by atoms with Crippen LogP contribution in [-0.4, -0.2) is 29.5 Å². The smallest absolute Gasteiger partial charge is 0.249 e. The summed E-state index contributed by atoms with van der Waals surface area (Å²) < 4.78 is 25.9. The average molecular weight is 423 g/mol. The number of carbonyl (C=O) groups excluding carboxylic acids is 1. The van der Waals surface area contributed by atoms with Crippen molar-refractivity contribution in [3.05, 3.63) is 58.1 Å². The summed E-state index contributed by atoms with van der Waals surface area (Å²) in [6.07, 6.45) is 6.39. The lowest BCUT2D eigenvalue weighted by Gasteiger charge is -2.15. The molecular formula is C21H21N5O3S. The van der Waals surface area contributed by atoms with Crippen LogP contribution in [-0.2, 0) is 35.5 Å². The highest BCUT2D eigenvalue weighted by Gasteiger charge is 2.27. The molecule has 154 valence electrons. The molecule has 1 heterocycles. The number of nitrogens with one attached hydrogen (secondary N) is 2. The van der Waals surface area contributed by atoms with E-state index in [0.717, 1.165) is 44.2 Å². The van der Waals surface area contributed by atoms with Gasteiger partial charge in [0.05, 0.1) is 4.90 Å². The summed E-state index contributed by atoms with van der Waals surface area (Å²) in [5.74, 6) is -0.479. The molecule has 2 aliphatic carbocycles. The first kappa shape index (κ1) is 18.8. The normalized spacial score (nSPS) is 15.1. The van der Waals surface area contributed by atoms with Crippen molar-refractivity contribution in [3.63, 3.8) is 0 Å². The molecule has 1 amide bonds. The lowest BCUT2D eigenvalue weighted by atomic mass is 9.99. The van der Waals surface area contributed by atoms with Gasteiger partial charge < -0.3 is 11.1 Å². The van der Waals surface area contributed by atoms with Gasteiger partial charge in [-0.25, -0.2) is 13.5 Å². The van der Waals surface area contributed by atoms with Gasteiger partial charge in [-0.05, 0) is 79.0 Å². The van der Waals surface area contributed by atoms with Gasteiger partial charge in [-0.1, -0.05) is 12.1 Å². The van der Waals surface area contributed by atoms with Crippen LogP contribution >= 0.6 is 0 Å². The van der Waals surface area contributed by atoms with Crippen molar-refractivity contribution in [1.29, 1.82) is 0 Å². The number of aromatic amines is 1. The number of aryl methyl sites for hydroxylation is 2. The van der Waals surface area contributed by atoms with E-state index in [1.807, 2.05) is 0 Å². The topological polar surface area (TPSA) is 131 Å². The van der Waals surface area contributed by atoms with E-state index in [2.05, 4.69) is 26.6 Å². The minimum atomic E-state index is -3.97. The molecule has 0 saturated carbocycles.